The lowest BCUT2D eigenvalue weighted by molar-refractivity contribution is -0.125. The molecule has 3 rings (SSSR count). The van der Waals surface area contributed by atoms with Crippen molar-refractivity contribution in [1.29, 1.82) is 0 Å². The van der Waals surface area contributed by atoms with Crippen molar-refractivity contribution >= 4 is 23.2 Å². The van der Waals surface area contributed by atoms with Crippen LogP contribution >= 0.6 is 0 Å². The SMILES string of the molecule is C/C(=N/NC(=O)CN1C(=O)COc2ccccc21)c1ccc(OC(C)C)cc1. The summed E-state index contributed by atoms with van der Waals surface area (Å²) in [5.74, 6) is 0.706. The van der Waals surface area contributed by atoms with Gasteiger partial charge in [0.05, 0.1) is 17.5 Å². The molecule has 2 amide bonds. The van der Waals surface area contributed by atoms with E-state index in [1.54, 1.807) is 25.1 Å². The number of anilines is 1. The van der Waals surface area contributed by atoms with Gasteiger partial charge in [-0.3, -0.25) is 14.5 Å². The van der Waals surface area contributed by atoms with Crippen molar-refractivity contribution in [1.82, 2.24) is 5.43 Å². The number of benzene rings is 2. The molecule has 0 bridgehead atoms. The maximum Gasteiger partial charge on any atom is 0.265 e. The normalized spacial score (nSPS) is 13.8. The minimum absolute atomic E-state index is 0.0859. The first-order chi connectivity index (χ1) is 13.4. The number of fused-ring (bicyclic) bond motifs is 1. The van der Waals surface area contributed by atoms with Gasteiger partial charge in [0.15, 0.2) is 6.61 Å². The smallest absolute Gasteiger partial charge is 0.265 e. The van der Waals surface area contributed by atoms with E-state index in [4.69, 9.17) is 9.47 Å². The average Bonchev–Trinajstić information content (AvgIpc) is 2.68. The fraction of sp³-hybridized carbons (Fsp3) is 0.286. The van der Waals surface area contributed by atoms with Crippen LogP contribution in [0.2, 0.25) is 0 Å². The fourth-order valence-electron chi connectivity index (χ4n) is 2.76. The molecule has 0 aliphatic carbocycles. The third kappa shape index (κ3) is 4.68. The van der Waals surface area contributed by atoms with E-state index in [2.05, 4.69) is 10.5 Å². The first-order valence-corrected chi connectivity index (χ1v) is 9.06. The summed E-state index contributed by atoms with van der Waals surface area (Å²) in [6.07, 6.45) is 0.105. The van der Waals surface area contributed by atoms with Gasteiger partial charge in [0.25, 0.3) is 11.8 Å². The number of nitrogens with one attached hydrogen (secondary N) is 1. The van der Waals surface area contributed by atoms with Gasteiger partial charge in [-0.2, -0.15) is 5.10 Å². The molecule has 0 radical (unpaired) electrons. The summed E-state index contributed by atoms with van der Waals surface area (Å²) in [5, 5.41) is 4.14. The third-order valence-electron chi connectivity index (χ3n) is 4.10. The van der Waals surface area contributed by atoms with Crippen LogP contribution in [0.15, 0.2) is 53.6 Å². The van der Waals surface area contributed by atoms with Crippen LogP contribution in [0.3, 0.4) is 0 Å². The second kappa shape index (κ2) is 8.56. The summed E-state index contributed by atoms with van der Waals surface area (Å²) >= 11 is 0. The number of nitrogens with zero attached hydrogens (tertiary/aromatic N) is 2. The van der Waals surface area contributed by atoms with Gasteiger partial charge in [0.1, 0.15) is 18.0 Å². The molecule has 0 saturated heterocycles. The summed E-state index contributed by atoms with van der Waals surface area (Å²) in [6, 6.07) is 14.6. The van der Waals surface area contributed by atoms with Crippen molar-refractivity contribution in [2.45, 2.75) is 26.9 Å². The lowest BCUT2D eigenvalue weighted by atomic mass is 10.1. The lowest BCUT2D eigenvalue weighted by Crippen LogP contribution is -2.44. The minimum Gasteiger partial charge on any atom is -0.491 e. The Morgan fingerprint density at radius 2 is 1.93 bits per heavy atom. The zero-order valence-electron chi connectivity index (χ0n) is 16.1. The molecule has 1 N–H and O–H groups in total. The second-order valence-electron chi connectivity index (χ2n) is 6.66. The molecule has 1 aliphatic rings. The van der Waals surface area contributed by atoms with Gasteiger partial charge in [0, 0.05) is 0 Å². The number of carbonyl (C=O) groups is 2. The Labute approximate surface area is 163 Å². The van der Waals surface area contributed by atoms with E-state index < -0.39 is 0 Å². The van der Waals surface area contributed by atoms with Crippen LogP contribution in [-0.2, 0) is 9.59 Å². The van der Waals surface area contributed by atoms with Crippen LogP contribution in [-0.4, -0.2) is 36.8 Å². The third-order valence-corrected chi connectivity index (χ3v) is 4.10. The molecule has 2 aromatic rings. The highest BCUT2D eigenvalue weighted by molar-refractivity contribution is 6.03. The van der Waals surface area contributed by atoms with Crippen LogP contribution in [0.5, 0.6) is 11.5 Å². The summed E-state index contributed by atoms with van der Waals surface area (Å²) in [5.41, 5.74) is 4.60. The molecule has 0 atom stereocenters. The van der Waals surface area contributed by atoms with E-state index in [1.807, 2.05) is 44.2 Å². The van der Waals surface area contributed by atoms with E-state index in [0.717, 1.165) is 11.3 Å². The van der Waals surface area contributed by atoms with E-state index in [-0.39, 0.29) is 31.1 Å². The summed E-state index contributed by atoms with van der Waals surface area (Å²) in [7, 11) is 0. The van der Waals surface area contributed by atoms with E-state index >= 15 is 0 Å². The Bertz CT molecular complexity index is 891. The number of amides is 2. The van der Waals surface area contributed by atoms with E-state index in [0.29, 0.717) is 17.1 Å². The molecule has 146 valence electrons. The highest BCUT2D eigenvalue weighted by Crippen LogP contribution is 2.31. The van der Waals surface area contributed by atoms with Crippen LogP contribution in [0.25, 0.3) is 0 Å². The van der Waals surface area contributed by atoms with Gasteiger partial charge < -0.3 is 9.47 Å². The zero-order chi connectivity index (χ0) is 20.1. The van der Waals surface area contributed by atoms with E-state index in [9.17, 15) is 9.59 Å². The maximum absolute atomic E-state index is 12.3. The topological polar surface area (TPSA) is 80.2 Å². The summed E-state index contributed by atoms with van der Waals surface area (Å²) in [4.78, 5) is 25.8. The molecule has 28 heavy (non-hydrogen) atoms. The second-order valence-corrected chi connectivity index (χ2v) is 6.66. The first-order valence-electron chi connectivity index (χ1n) is 9.06. The van der Waals surface area contributed by atoms with Crippen molar-refractivity contribution in [3.63, 3.8) is 0 Å². The number of ether oxygens (including phenoxy) is 2. The Balaban J connectivity index is 1.62. The molecule has 0 fully saturated rings. The quantitative estimate of drug-likeness (QED) is 0.616. The van der Waals surface area contributed by atoms with Gasteiger partial charge in [-0.25, -0.2) is 5.43 Å². The molecule has 1 heterocycles. The molecule has 0 unspecified atom stereocenters. The highest BCUT2D eigenvalue weighted by Gasteiger charge is 2.26. The average molecular weight is 381 g/mol. The molecular weight excluding hydrogens is 358 g/mol. The van der Waals surface area contributed by atoms with Crippen LogP contribution in [0, 0.1) is 0 Å². The maximum atomic E-state index is 12.3. The van der Waals surface area contributed by atoms with Gasteiger partial charge in [-0.1, -0.05) is 12.1 Å². The number of rotatable bonds is 6. The molecule has 1 aliphatic heterocycles. The highest BCUT2D eigenvalue weighted by atomic mass is 16.5. The Kier molecular flexibility index (Phi) is 5.93. The van der Waals surface area contributed by atoms with Gasteiger partial charge in [-0.05, 0) is 62.7 Å². The van der Waals surface area contributed by atoms with Crippen molar-refractivity contribution in [3.05, 3.63) is 54.1 Å². The van der Waals surface area contributed by atoms with Crippen LogP contribution in [0.1, 0.15) is 26.3 Å². The predicted molar refractivity (Wildman–Crippen MR) is 107 cm³/mol. The number of para-hydroxylation sites is 2. The van der Waals surface area contributed by atoms with Gasteiger partial charge >= 0.3 is 0 Å². The molecule has 0 spiro atoms. The van der Waals surface area contributed by atoms with Crippen LogP contribution < -0.4 is 19.8 Å². The van der Waals surface area contributed by atoms with Gasteiger partial charge in [-0.15, -0.1) is 0 Å². The number of carbonyl (C=O) groups excluding carboxylic acids is 2. The Morgan fingerprint density at radius 1 is 1.21 bits per heavy atom. The zero-order valence-corrected chi connectivity index (χ0v) is 16.1. The monoisotopic (exact) mass is 381 g/mol. The van der Waals surface area contributed by atoms with E-state index in [1.165, 1.54) is 4.90 Å². The number of hydrogen-bond donors (Lipinski definition) is 1. The summed E-state index contributed by atoms with van der Waals surface area (Å²) < 4.78 is 11.0. The molecule has 7 nitrogen and oxygen atoms in total. The lowest BCUT2D eigenvalue weighted by Gasteiger charge is -2.28. The van der Waals surface area contributed by atoms with Crippen molar-refractivity contribution in [2.75, 3.05) is 18.1 Å². The van der Waals surface area contributed by atoms with Crippen molar-refractivity contribution in [2.24, 2.45) is 5.10 Å². The predicted octanol–water partition coefficient (Wildman–Crippen LogP) is 2.74. The Morgan fingerprint density at radius 3 is 2.64 bits per heavy atom. The standard InChI is InChI=1S/C21H23N3O4/c1-14(2)28-17-10-8-16(9-11-17)15(3)22-23-20(25)12-24-18-6-4-5-7-19(18)27-13-21(24)26/h4-11,14H,12-13H2,1-3H3,(H,23,25)/b22-15-. The number of hydrogen-bond acceptors (Lipinski definition) is 5. The molecule has 0 saturated carbocycles. The van der Waals surface area contributed by atoms with Crippen molar-refractivity contribution < 1.29 is 19.1 Å². The summed E-state index contributed by atoms with van der Waals surface area (Å²) in [6.45, 7) is 5.52. The minimum atomic E-state index is -0.385. The van der Waals surface area contributed by atoms with Gasteiger partial charge in [0.2, 0.25) is 0 Å². The van der Waals surface area contributed by atoms with Crippen molar-refractivity contribution in [3.8, 4) is 11.5 Å². The molecule has 7 heteroatoms. The molecular formula is C21H23N3O4. The Hall–Kier alpha value is -3.35. The molecule has 2 aromatic carbocycles. The number of hydrazone groups is 1. The first kappa shape index (κ1) is 19.4. The largest absolute Gasteiger partial charge is 0.491 e. The fourth-order valence-corrected chi connectivity index (χ4v) is 2.76. The molecule has 0 aromatic heterocycles. The van der Waals surface area contributed by atoms with Crippen LogP contribution in [0.4, 0.5) is 5.69 Å².